The number of carbonyl (C=O) groups is 1. The van der Waals surface area contributed by atoms with Gasteiger partial charge < -0.3 is 20.7 Å². The summed E-state index contributed by atoms with van der Waals surface area (Å²) in [5.41, 5.74) is -1.48. The van der Waals surface area contributed by atoms with Crippen LogP contribution in [0.2, 0.25) is 0 Å². The second kappa shape index (κ2) is 9.60. The van der Waals surface area contributed by atoms with Crippen molar-refractivity contribution >= 4 is 23.4 Å². The van der Waals surface area contributed by atoms with E-state index in [-0.39, 0.29) is 11.6 Å². The molecule has 0 radical (unpaired) electrons. The third-order valence-electron chi connectivity index (χ3n) is 2.64. The largest absolute Gasteiger partial charge is 0.444 e. The lowest BCUT2D eigenvalue weighted by atomic mass is 10.2. The summed E-state index contributed by atoms with van der Waals surface area (Å²) >= 11 is 0.907. The Balaban J connectivity index is 2.46. The number of amides is 1. The number of aromatic nitrogens is 1. The molecule has 0 aliphatic carbocycles. The molecule has 7 nitrogen and oxygen atoms in total. The van der Waals surface area contributed by atoms with Crippen molar-refractivity contribution in [1.82, 2.24) is 20.9 Å². The second-order valence-corrected chi connectivity index (χ2v) is 7.12. The fourth-order valence-corrected chi connectivity index (χ4v) is 2.39. The van der Waals surface area contributed by atoms with Crippen LogP contribution in [0.5, 0.6) is 0 Å². The number of thiazole rings is 1. The van der Waals surface area contributed by atoms with Crippen LogP contribution in [-0.2, 0) is 17.5 Å². The first-order chi connectivity index (χ1) is 12.0. The maximum Gasteiger partial charge on any atom is 0.434 e. The minimum absolute atomic E-state index is 0.0234. The summed E-state index contributed by atoms with van der Waals surface area (Å²) in [4.78, 5) is 19.2. The molecule has 0 aromatic carbocycles. The van der Waals surface area contributed by atoms with E-state index in [0.717, 1.165) is 16.7 Å². The van der Waals surface area contributed by atoms with E-state index in [0.29, 0.717) is 25.6 Å². The van der Waals surface area contributed by atoms with E-state index in [2.05, 4.69) is 25.9 Å². The van der Waals surface area contributed by atoms with E-state index < -0.39 is 23.6 Å². The van der Waals surface area contributed by atoms with Gasteiger partial charge >= 0.3 is 12.3 Å². The van der Waals surface area contributed by atoms with E-state index in [9.17, 15) is 18.0 Å². The maximum atomic E-state index is 12.5. The normalized spacial score (nSPS) is 12.7. The van der Waals surface area contributed by atoms with Crippen LogP contribution in [0.1, 0.15) is 38.4 Å². The number of hydrogen-bond acceptors (Lipinski definition) is 5. The molecule has 0 aliphatic rings. The standard InChI is InChI=1S/C15H24F3N5O2S/c1-5-19-12(20-6-7-21-13(24)25-14(2,3)4)22-8-11-23-10(9-26-11)15(16,17)18/h9H,5-8H2,1-4H3,(H,21,24)(H2,19,20,22). The Hall–Kier alpha value is -2.04. The molecule has 0 bridgehead atoms. The minimum atomic E-state index is -4.45. The van der Waals surface area contributed by atoms with Gasteiger partial charge in [-0.3, -0.25) is 0 Å². The van der Waals surface area contributed by atoms with Crippen molar-refractivity contribution in [3.8, 4) is 0 Å². The number of carbonyl (C=O) groups excluding carboxylic acids is 1. The molecule has 1 rings (SSSR count). The van der Waals surface area contributed by atoms with Gasteiger partial charge in [0.2, 0.25) is 0 Å². The van der Waals surface area contributed by atoms with Crippen LogP contribution >= 0.6 is 11.3 Å². The molecule has 0 fully saturated rings. The van der Waals surface area contributed by atoms with Crippen molar-refractivity contribution in [1.29, 1.82) is 0 Å². The minimum Gasteiger partial charge on any atom is -0.444 e. The average molecular weight is 395 g/mol. The molecule has 1 aromatic rings. The zero-order chi connectivity index (χ0) is 19.8. The van der Waals surface area contributed by atoms with Crippen molar-refractivity contribution in [3.05, 3.63) is 16.1 Å². The Labute approximate surface area is 154 Å². The van der Waals surface area contributed by atoms with Crippen LogP contribution < -0.4 is 16.0 Å². The summed E-state index contributed by atoms with van der Waals surface area (Å²) in [5.74, 6) is 0.419. The lowest BCUT2D eigenvalue weighted by molar-refractivity contribution is -0.140. The third-order valence-corrected chi connectivity index (χ3v) is 3.48. The van der Waals surface area contributed by atoms with Crippen molar-refractivity contribution in [2.75, 3.05) is 19.6 Å². The van der Waals surface area contributed by atoms with E-state index in [4.69, 9.17) is 4.74 Å². The zero-order valence-electron chi connectivity index (χ0n) is 15.2. The predicted molar refractivity (Wildman–Crippen MR) is 94.2 cm³/mol. The number of aliphatic imine (C=N–C) groups is 1. The number of ether oxygens (including phenoxy) is 1. The van der Waals surface area contributed by atoms with Gasteiger partial charge in [-0.15, -0.1) is 11.3 Å². The number of nitrogens with one attached hydrogen (secondary N) is 3. The number of alkyl carbamates (subject to hydrolysis) is 1. The molecule has 1 heterocycles. The van der Waals surface area contributed by atoms with Gasteiger partial charge in [-0.25, -0.2) is 14.8 Å². The second-order valence-electron chi connectivity index (χ2n) is 6.17. The van der Waals surface area contributed by atoms with Crippen LogP contribution in [0.4, 0.5) is 18.0 Å². The highest BCUT2D eigenvalue weighted by Crippen LogP contribution is 2.30. The highest BCUT2D eigenvalue weighted by molar-refractivity contribution is 7.09. The molecule has 0 unspecified atom stereocenters. The zero-order valence-corrected chi connectivity index (χ0v) is 16.0. The molecule has 148 valence electrons. The molecular formula is C15H24F3N5O2S. The number of hydrogen-bond donors (Lipinski definition) is 3. The Bertz CT molecular complexity index is 611. The molecule has 0 spiro atoms. The van der Waals surface area contributed by atoms with Crippen LogP contribution in [0.15, 0.2) is 10.4 Å². The third kappa shape index (κ3) is 8.88. The number of halogens is 3. The van der Waals surface area contributed by atoms with Gasteiger partial charge in [-0.1, -0.05) is 0 Å². The van der Waals surface area contributed by atoms with Gasteiger partial charge in [-0.2, -0.15) is 13.2 Å². The molecule has 1 amide bonds. The fraction of sp³-hybridized carbons (Fsp3) is 0.667. The highest BCUT2D eigenvalue weighted by atomic mass is 32.1. The van der Waals surface area contributed by atoms with Gasteiger partial charge in [0.15, 0.2) is 11.7 Å². The first-order valence-electron chi connectivity index (χ1n) is 8.02. The van der Waals surface area contributed by atoms with E-state index in [1.165, 1.54) is 0 Å². The van der Waals surface area contributed by atoms with Crippen LogP contribution in [0, 0.1) is 0 Å². The summed E-state index contributed by atoms with van der Waals surface area (Å²) in [5, 5.41) is 9.76. The van der Waals surface area contributed by atoms with Gasteiger partial charge in [0, 0.05) is 25.0 Å². The molecule has 3 N–H and O–H groups in total. The van der Waals surface area contributed by atoms with Crippen molar-refractivity contribution < 1.29 is 22.7 Å². The Morgan fingerprint density at radius 1 is 1.23 bits per heavy atom. The van der Waals surface area contributed by atoms with Gasteiger partial charge in [0.25, 0.3) is 0 Å². The smallest absolute Gasteiger partial charge is 0.434 e. The number of guanidine groups is 1. The van der Waals surface area contributed by atoms with Gasteiger partial charge in [-0.05, 0) is 27.7 Å². The molecule has 0 atom stereocenters. The molecule has 11 heteroatoms. The SMILES string of the molecule is CCNC(=NCc1nc(C(F)(F)F)cs1)NCCNC(=O)OC(C)(C)C. The van der Waals surface area contributed by atoms with E-state index in [1.54, 1.807) is 20.8 Å². The number of alkyl halides is 3. The van der Waals surface area contributed by atoms with Gasteiger partial charge in [0.1, 0.15) is 10.6 Å². The van der Waals surface area contributed by atoms with E-state index >= 15 is 0 Å². The van der Waals surface area contributed by atoms with Crippen LogP contribution in [0.25, 0.3) is 0 Å². The first-order valence-corrected chi connectivity index (χ1v) is 8.90. The fourth-order valence-electron chi connectivity index (χ4n) is 1.66. The molecule has 1 aromatic heterocycles. The lowest BCUT2D eigenvalue weighted by Gasteiger charge is -2.19. The molecule has 26 heavy (non-hydrogen) atoms. The Kier molecular flexibility index (Phi) is 8.12. The summed E-state index contributed by atoms with van der Waals surface area (Å²) in [6.07, 6.45) is -4.97. The first kappa shape index (κ1) is 22.0. The van der Waals surface area contributed by atoms with Crippen LogP contribution in [0.3, 0.4) is 0 Å². The number of rotatable bonds is 6. The summed E-state index contributed by atoms with van der Waals surface area (Å²) < 4.78 is 42.7. The topological polar surface area (TPSA) is 87.6 Å². The van der Waals surface area contributed by atoms with E-state index in [1.807, 2.05) is 6.92 Å². The molecular weight excluding hydrogens is 371 g/mol. The summed E-state index contributed by atoms with van der Waals surface area (Å²) in [7, 11) is 0. The Morgan fingerprint density at radius 3 is 2.42 bits per heavy atom. The monoisotopic (exact) mass is 395 g/mol. The average Bonchev–Trinajstić information content (AvgIpc) is 2.96. The molecule has 0 aliphatic heterocycles. The van der Waals surface area contributed by atoms with Crippen molar-refractivity contribution in [3.63, 3.8) is 0 Å². The van der Waals surface area contributed by atoms with Crippen molar-refractivity contribution in [2.45, 2.75) is 46.0 Å². The summed E-state index contributed by atoms with van der Waals surface area (Å²) in [6, 6.07) is 0. The Morgan fingerprint density at radius 2 is 1.88 bits per heavy atom. The number of nitrogens with zero attached hydrogens (tertiary/aromatic N) is 2. The summed E-state index contributed by atoms with van der Waals surface area (Å²) in [6.45, 7) is 8.44. The van der Waals surface area contributed by atoms with Crippen molar-refractivity contribution in [2.24, 2.45) is 4.99 Å². The lowest BCUT2D eigenvalue weighted by Crippen LogP contribution is -2.42. The van der Waals surface area contributed by atoms with Crippen LogP contribution in [-0.4, -0.2) is 42.3 Å². The quantitative estimate of drug-likeness (QED) is 0.392. The predicted octanol–water partition coefficient (Wildman–Crippen LogP) is 2.74. The highest BCUT2D eigenvalue weighted by Gasteiger charge is 2.33. The molecule has 0 saturated heterocycles. The maximum absolute atomic E-state index is 12.5. The molecule has 0 saturated carbocycles. The van der Waals surface area contributed by atoms with Gasteiger partial charge in [0.05, 0.1) is 6.54 Å².